The number of carbonyl (C=O) groups excluding carboxylic acids is 1. The SMILES string of the molecule is CC(C)CC(CCC(=O)CCc1cc(C(C)(C)C)c(O)c(C(C)(C)C)c1)c1ccc(Nc2ccccc2)cc1. The minimum absolute atomic E-state index is 0.166. The fraction of sp³-hybridized carbons (Fsp3) is 0.472. The largest absolute Gasteiger partial charge is 0.507 e. The van der Waals surface area contributed by atoms with Crippen LogP contribution >= 0.6 is 0 Å². The Balaban J connectivity index is 1.65. The predicted octanol–water partition coefficient (Wildman–Crippen LogP) is 9.84. The molecule has 3 nitrogen and oxygen atoms in total. The average Bonchev–Trinajstić information content (AvgIpc) is 2.85. The Morgan fingerprint density at radius 1 is 0.795 bits per heavy atom. The highest BCUT2D eigenvalue weighted by Crippen LogP contribution is 2.40. The molecule has 0 aromatic heterocycles. The molecule has 3 aromatic carbocycles. The zero-order chi connectivity index (χ0) is 28.8. The maximum atomic E-state index is 13.1. The van der Waals surface area contributed by atoms with Gasteiger partial charge in [-0.1, -0.05) is 97.9 Å². The number of anilines is 2. The lowest BCUT2D eigenvalue weighted by molar-refractivity contribution is -0.119. The van der Waals surface area contributed by atoms with E-state index in [1.165, 1.54) is 5.56 Å². The van der Waals surface area contributed by atoms with E-state index in [-0.39, 0.29) is 10.8 Å². The van der Waals surface area contributed by atoms with Crippen molar-refractivity contribution in [2.75, 3.05) is 5.32 Å². The van der Waals surface area contributed by atoms with Crippen LogP contribution in [0.1, 0.15) is 109 Å². The number of aromatic hydroxyl groups is 1. The van der Waals surface area contributed by atoms with Crippen molar-refractivity contribution in [3.8, 4) is 5.75 Å². The summed E-state index contributed by atoms with van der Waals surface area (Å²) in [6, 6.07) is 23.1. The lowest BCUT2D eigenvalue weighted by atomic mass is 9.78. The highest BCUT2D eigenvalue weighted by molar-refractivity contribution is 5.78. The topological polar surface area (TPSA) is 49.3 Å². The Morgan fingerprint density at radius 3 is 1.85 bits per heavy atom. The van der Waals surface area contributed by atoms with Crippen LogP contribution in [0.3, 0.4) is 0 Å². The zero-order valence-corrected chi connectivity index (χ0v) is 25.4. The number of hydrogen-bond acceptors (Lipinski definition) is 3. The van der Waals surface area contributed by atoms with Gasteiger partial charge in [-0.3, -0.25) is 4.79 Å². The molecule has 1 unspecified atom stereocenters. The molecule has 0 amide bonds. The van der Waals surface area contributed by atoms with E-state index >= 15 is 0 Å². The summed E-state index contributed by atoms with van der Waals surface area (Å²) in [5.74, 6) is 1.64. The molecular formula is C36H49NO2. The van der Waals surface area contributed by atoms with Crippen molar-refractivity contribution >= 4 is 17.2 Å². The number of para-hydroxylation sites is 1. The molecule has 0 saturated carbocycles. The summed E-state index contributed by atoms with van der Waals surface area (Å²) in [5.41, 5.74) is 6.17. The fourth-order valence-electron chi connectivity index (χ4n) is 5.24. The number of phenolic OH excluding ortho intramolecular Hbond substituents is 1. The van der Waals surface area contributed by atoms with Gasteiger partial charge in [0.1, 0.15) is 11.5 Å². The van der Waals surface area contributed by atoms with Crippen LogP contribution in [0.2, 0.25) is 0 Å². The third-order valence-electron chi connectivity index (χ3n) is 7.45. The summed E-state index contributed by atoms with van der Waals surface area (Å²) in [5, 5.41) is 14.5. The van der Waals surface area contributed by atoms with Crippen LogP contribution in [0.15, 0.2) is 66.7 Å². The summed E-state index contributed by atoms with van der Waals surface area (Å²) in [7, 11) is 0. The van der Waals surface area contributed by atoms with Crippen LogP contribution in [0.5, 0.6) is 5.75 Å². The van der Waals surface area contributed by atoms with Crippen LogP contribution in [0.4, 0.5) is 11.4 Å². The number of phenols is 1. The van der Waals surface area contributed by atoms with Gasteiger partial charge in [0.15, 0.2) is 0 Å². The number of nitrogens with one attached hydrogen (secondary N) is 1. The molecule has 3 aromatic rings. The van der Waals surface area contributed by atoms with Gasteiger partial charge in [0.25, 0.3) is 0 Å². The first-order valence-corrected chi connectivity index (χ1v) is 14.5. The predicted molar refractivity (Wildman–Crippen MR) is 166 cm³/mol. The average molecular weight is 528 g/mol. The van der Waals surface area contributed by atoms with Gasteiger partial charge in [-0.15, -0.1) is 0 Å². The van der Waals surface area contributed by atoms with E-state index in [1.54, 1.807) is 0 Å². The maximum Gasteiger partial charge on any atom is 0.133 e. The van der Waals surface area contributed by atoms with Crippen LogP contribution < -0.4 is 5.32 Å². The number of Topliss-reactive ketones (excluding diaryl/α,β-unsaturated/α-hetero) is 1. The van der Waals surface area contributed by atoms with Gasteiger partial charge in [0.05, 0.1) is 0 Å². The van der Waals surface area contributed by atoms with E-state index in [1.807, 2.05) is 18.2 Å². The molecule has 1 atom stereocenters. The van der Waals surface area contributed by atoms with Crippen LogP contribution in [-0.4, -0.2) is 10.9 Å². The number of carbonyl (C=O) groups is 1. The Hall–Kier alpha value is -3.07. The van der Waals surface area contributed by atoms with Crippen LogP contribution in [0.25, 0.3) is 0 Å². The first-order valence-electron chi connectivity index (χ1n) is 14.5. The van der Waals surface area contributed by atoms with Crippen LogP contribution in [0, 0.1) is 5.92 Å². The summed E-state index contributed by atoms with van der Waals surface area (Å²) in [6.45, 7) is 17.3. The van der Waals surface area contributed by atoms with Gasteiger partial charge in [0.2, 0.25) is 0 Å². The molecule has 39 heavy (non-hydrogen) atoms. The van der Waals surface area contributed by atoms with Crippen LogP contribution in [-0.2, 0) is 22.0 Å². The quantitative estimate of drug-likeness (QED) is 0.261. The molecule has 2 N–H and O–H groups in total. The highest BCUT2D eigenvalue weighted by atomic mass is 16.3. The number of benzene rings is 3. The molecular weight excluding hydrogens is 478 g/mol. The first-order chi connectivity index (χ1) is 18.2. The first kappa shape index (κ1) is 30.5. The van der Waals surface area contributed by atoms with Crippen molar-refractivity contribution in [2.24, 2.45) is 5.92 Å². The molecule has 0 spiro atoms. The van der Waals surface area contributed by atoms with Crippen molar-refractivity contribution in [3.63, 3.8) is 0 Å². The van der Waals surface area contributed by atoms with Gasteiger partial charge >= 0.3 is 0 Å². The Morgan fingerprint density at radius 2 is 1.33 bits per heavy atom. The van der Waals surface area contributed by atoms with Gasteiger partial charge in [-0.05, 0) is 88.4 Å². The molecule has 3 heteroatoms. The number of aryl methyl sites for hydroxylation is 1. The maximum absolute atomic E-state index is 13.1. The van der Waals surface area contributed by atoms with Crippen molar-refractivity contribution < 1.29 is 9.90 Å². The molecule has 0 bridgehead atoms. The van der Waals surface area contributed by atoms with Gasteiger partial charge < -0.3 is 10.4 Å². The van der Waals surface area contributed by atoms with Gasteiger partial charge in [0, 0.05) is 24.2 Å². The second-order valence-electron chi connectivity index (χ2n) is 13.6. The van der Waals surface area contributed by atoms with Crippen molar-refractivity contribution in [2.45, 2.75) is 104 Å². The molecule has 0 aliphatic carbocycles. The Bertz CT molecular complexity index is 1180. The lowest BCUT2D eigenvalue weighted by Crippen LogP contribution is -2.18. The summed E-state index contributed by atoms with van der Waals surface area (Å²) in [4.78, 5) is 13.1. The second-order valence-corrected chi connectivity index (χ2v) is 13.6. The molecule has 0 saturated heterocycles. The minimum atomic E-state index is -0.166. The second kappa shape index (κ2) is 12.9. The minimum Gasteiger partial charge on any atom is -0.507 e. The summed E-state index contributed by atoms with van der Waals surface area (Å²) >= 11 is 0. The smallest absolute Gasteiger partial charge is 0.133 e. The molecule has 0 heterocycles. The van der Waals surface area contributed by atoms with E-state index < -0.39 is 0 Å². The fourth-order valence-corrected chi connectivity index (χ4v) is 5.24. The summed E-state index contributed by atoms with van der Waals surface area (Å²) < 4.78 is 0. The molecule has 3 rings (SSSR count). The van der Waals surface area contributed by atoms with Crippen molar-refractivity contribution in [1.29, 1.82) is 0 Å². The van der Waals surface area contributed by atoms with E-state index in [2.05, 4.69) is 109 Å². The molecule has 0 fully saturated rings. The van der Waals surface area contributed by atoms with E-state index in [0.717, 1.165) is 40.9 Å². The Labute approximate surface area is 237 Å². The molecule has 210 valence electrons. The third-order valence-corrected chi connectivity index (χ3v) is 7.45. The van der Waals surface area contributed by atoms with E-state index in [0.29, 0.717) is 42.6 Å². The van der Waals surface area contributed by atoms with E-state index in [4.69, 9.17) is 0 Å². The number of ketones is 1. The van der Waals surface area contributed by atoms with Gasteiger partial charge in [-0.2, -0.15) is 0 Å². The summed E-state index contributed by atoms with van der Waals surface area (Å²) in [6.07, 6.45) is 3.78. The lowest BCUT2D eigenvalue weighted by Gasteiger charge is -2.28. The zero-order valence-electron chi connectivity index (χ0n) is 25.4. The normalized spacial score (nSPS) is 12.9. The number of rotatable bonds is 11. The standard InChI is InChI=1S/C36H49NO2/c1-25(2)22-28(27-15-18-30(19-16-27)37-29-12-10-9-11-13-29)17-21-31(38)20-14-26-23-32(35(3,4)5)34(39)33(24-26)36(6,7)8/h9-13,15-16,18-19,23-25,28,37,39H,14,17,20-22H2,1-8H3. The van der Waals surface area contributed by atoms with E-state index in [9.17, 15) is 9.90 Å². The van der Waals surface area contributed by atoms with Crippen molar-refractivity contribution in [1.82, 2.24) is 0 Å². The Kier molecular flexibility index (Phi) is 10.0. The third kappa shape index (κ3) is 8.98. The molecule has 0 aliphatic rings. The molecule has 0 radical (unpaired) electrons. The van der Waals surface area contributed by atoms with Gasteiger partial charge in [-0.25, -0.2) is 0 Å². The highest BCUT2D eigenvalue weighted by Gasteiger charge is 2.26. The molecule has 0 aliphatic heterocycles. The van der Waals surface area contributed by atoms with Crippen molar-refractivity contribution in [3.05, 3.63) is 89.0 Å². The number of hydrogen-bond donors (Lipinski definition) is 2. The monoisotopic (exact) mass is 527 g/mol.